The van der Waals surface area contributed by atoms with Crippen molar-refractivity contribution in [2.75, 3.05) is 26.1 Å². The minimum atomic E-state index is -4.81. The van der Waals surface area contributed by atoms with Gasteiger partial charge in [0.05, 0.1) is 27.2 Å². The van der Waals surface area contributed by atoms with Gasteiger partial charge in [0, 0.05) is 29.8 Å². The number of H-pyrrole nitrogens is 1. The van der Waals surface area contributed by atoms with E-state index in [1.807, 2.05) is 97.1 Å². The summed E-state index contributed by atoms with van der Waals surface area (Å²) in [6, 6.07) is 36.2. The first-order chi connectivity index (χ1) is 30.9. The molecule has 16 nitrogen and oxygen atoms in total. The van der Waals surface area contributed by atoms with Gasteiger partial charge < -0.3 is 23.5 Å². The highest BCUT2D eigenvalue weighted by Gasteiger charge is 2.46. The second-order valence-electron chi connectivity index (χ2n) is 14.7. The Bertz CT molecular complexity index is 2650. The molecule has 0 spiro atoms. The topological polar surface area (TPSA) is 198 Å². The smallest absolute Gasteiger partial charge is 0.497 e. The third-order valence-electron chi connectivity index (χ3n) is 10.2. The zero-order chi connectivity index (χ0) is 45.3. The lowest BCUT2D eigenvalue weighted by atomic mass is 9.80. The van der Waals surface area contributed by atoms with Crippen molar-refractivity contribution < 1.29 is 42.2 Å². The van der Waals surface area contributed by atoms with Crippen LogP contribution in [0.2, 0.25) is 5.02 Å². The molecule has 0 aliphatic carbocycles. The third kappa shape index (κ3) is 10.7. The van der Waals surface area contributed by atoms with Gasteiger partial charge in [0.25, 0.3) is 5.56 Å². The van der Waals surface area contributed by atoms with Crippen molar-refractivity contribution in [2.24, 2.45) is 5.92 Å². The average Bonchev–Trinajstić information content (AvgIpc) is 3.92. The number of hydrogen-bond acceptors (Lipinski definition) is 12. The Balaban J connectivity index is 0.000000942. The van der Waals surface area contributed by atoms with Gasteiger partial charge in [-0.25, -0.2) is 9.55 Å². The zero-order valence-electron chi connectivity index (χ0n) is 35.2. The van der Waals surface area contributed by atoms with Gasteiger partial charge in [-0.1, -0.05) is 86.1 Å². The summed E-state index contributed by atoms with van der Waals surface area (Å²) in [5.41, 5.74) is 0.505. The molecule has 1 unspecified atom stereocenters. The summed E-state index contributed by atoms with van der Waals surface area (Å²) in [5.74, 6) is 0.522. The third-order valence-corrected chi connectivity index (χ3v) is 11.4. The summed E-state index contributed by atoms with van der Waals surface area (Å²) in [6.07, 6.45) is 1.78. The van der Waals surface area contributed by atoms with Crippen LogP contribution < -0.4 is 24.9 Å². The fourth-order valence-corrected chi connectivity index (χ4v) is 8.13. The van der Waals surface area contributed by atoms with Gasteiger partial charge >= 0.3 is 7.82 Å². The zero-order valence-corrected chi connectivity index (χ0v) is 36.9. The van der Waals surface area contributed by atoms with Crippen molar-refractivity contribution in [1.29, 1.82) is 0 Å². The van der Waals surface area contributed by atoms with Gasteiger partial charge in [0.1, 0.15) is 41.3 Å². The standard InChI is InChI=1S/C41H41ClN5O10P.C5H5N/c1-25(2)38(48)45-40-44-37-36(39(49)46-40)43-24-47(37)35-22-33(57-58(50,51)56-32-20-14-29(42)15-21-32)34(55-35)23-54-41(26-8-6-5-7-9-26,27-10-16-30(52-3)17-11-27)28-12-18-31(53-4)19-13-28;1-2-4-6-5-3-1/h5-21,24-25,33-35H,22-23H2,1-4H3,(H,50,51)(H2,44,45,46,48,49);1-5H/t33-,34+,35+;/m0./s1. The lowest BCUT2D eigenvalue weighted by Gasteiger charge is -2.37. The lowest BCUT2D eigenvalue weighted by Crippen LogP contribution is -2.38. The number of methoxy groups -OCH3 is 2. The summed E-state index contributed by atoms with van der Waals surface area (Å²) in [5, 5.41) is 3.02. The largest absolute Gasteiger partial charge is 0.527 e. The number of carbonyl (C=O) groups is 1. The Morgan fingerprint density at radius 3 is 2.02 bits per heavy atom. The highest BCUT2D eigenvalue weighted by Crippen LogP contribution is 2.50. The Morgan fingerprint density at radius 2 is 1.47 bits per heavy atom. The number of hydrogen-bond donors (Lipinski definition) is 3. The minimum absolute atomic E-state index is 0.00989. The number of nitrogens with zero attached hydrogens (tertiary/aromatic N) is 4. The van der Waals surface area contributed by atoms with E-state index >= 15 is 0 Å². The van der Waals surface area contributed by atoms with Crippen molar-refractivity contribution in [3.63, 3.8) is 0 Å². The number of fused-ring (bicyclic) bond motifs is 1. The molecule has 3 aromatic heterocycles. The van der Waals surface area contributed by atoms with Crippen LogP contribution in [0.1, 0.15) is 43.2 Å². The second-order valence-corrected chi connectivity index (χ2v) is 16.5. The van der Waals surface area contributed by atoms with Crippen LogP contribution in [-0.2, 0) is 29.0 Å². The first-order valence-electron chi connectivity index (χ1n) is 20.1. The molecule has 18 heteroatoms. The maximum Gasteiger partial charge on any atom is 0.527 e. The normalized spacial score (nSPS) is 17.0. The van der Waals surface area contributed by atoms with Crippen molar-refractivity contribution in [3.05, 3.63) is 172 Å². The first-order valence-corrected chi connectivity index (χ1v) is 22.0. The van der Waals surface area contributed by atoms with Crippen molar-refractivity contribution in [1.82, 2.24) is 24.5 Å². The number of aromatic amines is 1. The predicted molar refractivity (Wildman–Crippen MR) is 239 cm³/mol. The molecule has 1 aliphatic heterocycles. The van der Waals surface area contributed by atoms with E-state index in [1.54, 1.807) is 40.5 Å². The maximum absolute atomic E-state index is 13.6. The number of phosphoric acid groups is 1. The maximum atomic E-state index is 13.6. The summed E-state index contributed by atoms with van der Waals surface area (Å²) in [4.78, 5) is 51.8. The predicted octanol–water partition coefficient (Wildman–Crippen LogP) is 8.33. The molecule has 0 bridgehead atoms. The van der Waals surface area contributed by atoms with E-state index in [2.05, 4.69) is 25.3 Å². The number of benzene rings is 4. The van der Waals surface area contributed by atoms with Crippen LogP contribution in [0, 0.1) is 5.92 Å². The molecule has 3 N–H and O–H groups in total. The number of phosphoric ester groups is 1. The molecule has 0 saturated carbocycles. The number of rotatable bonds is 15. The minimum Gasteiger partial charge on any atom is -0.497 e. The molecule has 332 valence electrons. The SMILES string of the molecule is COc1ccc(C(OC[C@H]2O[C@@H](n3cnc4c(=O)[nH]c(NC(=O)C(C)C)nc43)C[C@@H]2OP(=O)(O)Oc2ccc(Cl)cc2)(c2ccccc2)c2ccc(OC)cc2)cc1.c1ccncc1. The van der Waals surface area contributed by atoms with Crippen LogP contribution in [0.25, 0.3) is 11.2 Å². The lowest BCUT2D eigenvalue weighted by molar-refractivity contribution is -0.118. The molecule has 1 saturated heterocycles. The van der Waals surface area contributed by atoms with Crippen LogP contribution in [0.15, 0.2) is 145 Å². The summed E-state index contributed by atoms with van der Waals surface area (Å²) < 4.78 is 51.1. The van der Waals surface area contributed by atoms with Gasteiger partial charge in [0.2, 0.25) is 11.9 Å². The highest BCUT2D eigenvalue weighted by atomic mass is 35.5. The monoisotopic (exact) mass is 908 g/mol. The van der Waals surface area contributed by atoms with Crippen molar-refractivity contribution in [2.45, 2.75) is 44.3 Å². The summed E-state index contributed by atoms with van der Waals surface area (Å²) in [6.45, 7) is 3.22. The Labute approximate surface area is 373 Å². The molecule has 1 aliphatic rings. The van der Waals surface area contributed by atoms with Gasteiger partial charge in [-0.05, 0) is 77.4 Å². The Kier molecular flexibility index (Phi) is 14.6. The van der Waals surface area contributed by atoms with E-state index < -0.39 is 37.4 Å². The molecule has 4 atom stereocenters. The Morgan fingerprint density at radius 1 is 0.891 bits per heavy atom. The molecule has 1 amide bonds. The number of aromatic nitrogens is 5. The molecule has 4 heterocycles. The van der Waals surface area contributed by atoms with E-state index in [1.165, 1.54) is 35.2 Å². The van der Waals surface area contributed by atoms with Crippen LogP contribution in [-0.4, -0.2) is 68.3 Å². The van der Waals surface area contributed by atoms with Crippen LogP contribution in [0.4, 0.5) is 5.95 Å². The Hall–Kier alpha value is -6.39. The van der Waals surface area contributed by atoms with Gasteiger partial charge in [0.15, 0.2) is 11.2 Å². The fourth-order valence-electron chi connectivity index (χ4n) is 7.00. The number of nitrogens with one attached hydrogen (secondary N) is 2. The number of imidazole rings is 1. The average molecular weight is 909 g/mol. The van der Waals surface area contributed by atoms with E-state index in [9.17, 15) is 19.0 Å². The van der Waals surface area contributed by atoms with Crippen molar-refractivity contribution >= 4 is 42.4 Å². The molecule has 4 aromatic carbocycles. The van der Waals surface area contributed by atoms with Gasteiger partial charge in [-0.2, -0.15) is 4.98 Å². The second kappa shape index (κ2) is 20.4. The number of halogens is 1. The molecule has 0 radical (unpaired) electrons. The quantitative estimate of drug-likeness (QED) is 0.0656. The molecule has 64 heavy (non-hydrogen) atoms. The van der Waals surface area contributed by atoms with E-state index in [-0.39, 0.29) is 47.7 Å². The number of amides is 1. The molecule has 1 fully saturated rings. The molecular weight excluding hydrogens is 863 g/mol. The van der Waals surface area contributed by atoms with E-state index in [4.69, 9.17) is 39.6 Å². The van der Waals surface area contributed by atoms with E-state index in [0.717, 1.165) is 16.7 Å². The molecular formula is C46H46ClN6O10P. The summed E-state index contributed by atoms with van der Waals surface area (Å²) >= 11 is 6.02. The summed E-state index contributed by atoms with van der Waals surface area (Å²) in [7, 11) is -1.65. The highest BCUT2D eigenvalue weighted by molar-refractivity contribution is 7.47. The first kappa shape index (κ1) is 45.6. The van der Waals surface area contributed by atoms with Gasteiger partial charge in [-0.3, -0.25) is 38.9 Å². The van der Waals surface area contributed by atoms with E-state index in [0.29, 0.717) is 16.5 Å². The molecule has 7 aromatic rings. The fraction of sp³-hybridized carbons (Fsp3) is 0.239. The number of ether oxygens (including phenoxy) is 4. The number of pyridine rings is 1. The van der Waals surface area contributed by atoms with Crippen LogP contribution >= 0.6 is 19.4 Å². The van der Waals surface area contributed by atoms with Gasteiger partial charge in [-0.15, -0.1) is 0 Å². The molecule has 8 rings (SSSR count). The number of anilines is 1. The van der Waals surface area contributed by atoms with Crippen LogP contribution in [0.5, 0.6) is 17.2 Å². The van der Waals surface area contributed by atoms with Crippen LogP contribution in [0.3, 0.4) is 0 Å². The number of carbonyl (C=O) groups excluding carboxylic acids is 1. The van der Waals surface area contributed by atoms with Crippen molar-refractivity contribution in [3.8, 4) is 17.2 Å².